The van der Waals surface area contributed by atoms with Gasteiger partial charge in [-0.1, -0.05) is 26.7 Å². The normalized spacial score (nSPS) is 31.2. The Bertz CT molecular complexity index is 293. The average Bonchev–Trinajstić information content (AvgIpc) is 2.77. The minimum atomic E-state index is 0.248. The maximum absolute atomic E-state index is 12.6. The maximum Gasteiger partial charge on any atom is 0.225 e. The van der Waals surface area contributed by atoms with Gasteiger partial charge in [0, 0.05) is 31.1 Å². The number of unbranched alkanes of at least 4 members (excludes halogenated alkanes) is 1. The highest BCUT2D eigenvalue weighted by atomic mass is 16.2. The topological polar surface area (TPSA) is 32.3 Å². The molecule has 2 aliphatic rings. The SMILES string of the molecule is CCCCC(CC)C(=O)N(C)C1CC2CCC(C1)N2. The van der Waals surface area contributed by atoms with Crippen LogP contribution in [0, 0.1) is 5.92 Å². The molecule has 2 fully saturated rings. The lowest BCUT2D eigenvalue weighted by molar-refractivity contribution is -0.137. The van der Waals surface area contributed by atoms with Gasteiger partial charge < -0.3 is 10.2 Å². The standard InChI is InChI=1S/C16H30N2O/c1-4-6-7-12(5-2)16(19)18(3)15-10-13-8-9-14(11-15)17-13/h12-15,17H,4-11H2,1-3H3. The van der Waals surface area contributed by atoms with Crippen LogP contribution in [0.25, 0.3) is 0 Å². The second-order valence-electron chi connectivity index (χ2n) is 6.46. The highest BCUT2D eigenvalue weighted by Gasteiger charge is 2.37. The molecule has 1 amide bonds. The Hall–Kier alpha value is -0.570. The van der Waals surface area contributed by atoms with Crippen molar-refractivity contribution in [3.63, 3.8) is 0 Å². The van der Waals surface area contributed by atoms with E-state index in [2.05, 4.69) is 24.1 Å². The molecule has 2 aliphatic heterocycles. The monoisotopic (exact) mass is 266 g/mol. The van der Waals surface area contributed by atoms with E-state index in [1.54, 1.807) is 0 Å². The van der Waals surface area contributed by atoms with Crippen molar-refractivity contribution in [2.45, 2.75) is 83.3 Å². The predicted molar refractivity (Wildman–Crippen MR) is 79.0 cm³/mol. The Morgan fingerprint density at radius 2 is 1.89 bits per heavy atom. The van der Waals surface area contributed by atoms with Gasteiger partial charge in [0.15, 0.2) is 0 Å². The summed E-state index contributed by atoms with van der Waals surface area (Å²) in [6.07, 6.45) is 9.33. The van der Waals surface area contributed by atoms with Crippen LogP contribution in [0.2, 0.25) is 0 Å². The van der Waals surface area contributed by atoms with Gasteiger partial charge in [0.2, 0.25) is 5.91 Å². The predicted octanol–water partition coefficient (Wildman–Crippen LogP) is 2.94. The molecule has 0 spiro atoms. The molecule has 0 aromatic rings. The Labute approximate surface area is 118 Å². The summed E-state index contributed by atoms with van der Waals surface area (Å²) < 4.78 is 0. The van der Waals surface area contributed by atoms with E-state index in [0.717, 1.165) is 25.7 Å². The molecule has 2 rings (SSSR count). The molecule has 19 heavy (non-hydrogen) atoms. The molecule has 3 heteroatoms. The molecule has 1 N–H and O–H groups in total. The fourth-order valence-electron chi connectivity index (χ4n) is 3.76. The first-order valence-electron chi connectivity index (χ1n) is 8.18. The number of fused-ring (bicyclic) bond motifs is 2. The summed E-state index contributed by atoms with van der Waals surface area (Å²) in [7, 11) is 2.03. The Morgan fingerprint density at radius 3 is 2.42 bits per heavy atom. The molecule has 0 radical (unpaired) electrons. The van der Waals surface area contributed by atoms with Crippen LogP contribution in [0.4, 0.5) is 0 Å². The van der Waals surface area contributed by atoms with E-state index in [9.17, 15) is 4.79 Å². The van der Waals surface area contributed by atoms with E-state index in [4.69, 9.17) is 0 Å². The smallest absolute Gasteiger partial charge is 0.225 e. The minimum Gasteiger partial charge on any atom is -0.342 e. The number of amides is 1. The second kappa shape index (κ2) is 6.74. The van der Waals surface area contributed by atoms with Crippen molar-refractivity contribution < 1.29 is 4.79 Å². The number of hydrogen-bond acceptors (Lipinski definition) is 2. The molecule has 0 aromatic heterocycles. The number of carbonyl (C=O) groups is 1. The van der Waals surface area contributed by atoms with E-state index in [1.165, 1.54) is 25.7 Å². The summed E-state index contributed by atoms with van der Waals surface area (Å²) >= 11 is 0. The summed E-state index contributed by atoms with van der Waals surface area (Å²) in [4.78, 5) is 14.7. The Morgan fingerprint density at radius 1 is 1.26 bits per heavy atom. The fourth-order valence-corrected chi connectivity index (χ4v) is 3.76. The van der Waals surface area contributed by atoms with Gasteiger partial charge in [0.1, 0.15) is 0 Å². The highest BCUT2D eigenvalue weighted by molar-refractivity contribution is 5.78. The fraction of sp³-hybridized carbons (Fsp3) is 0.938. The first kappa shape index (κ1) is 14.8. The zero-order valence-electron chi connectivity index (χ0n) is 12.8. The minimum absolute atomic E-state index is 0.248. The number of nitrogens with zero attached hydrogens (tertiary/aromatic N) is 1. The summed E-state index contributed by atoms with van der Waals surface area (Å²) in [5.74, 6) is 0.639. The van der Waals surface area contributed by atoms with Gasteiger partial charge in [-0.15, -0.1) is 0 Å². The summed E-state index contributed by atoms with van der Waals surface area (Å²) in [6, 6.07) is 1.80. The molecule has 3 nitrogen and oxygen atoms in total. The van der Waals surface area contributed by atoms with Crippen molar-refractivity contribution in [3.8, 4) is 0 Å². The second-order valence-corrected chi connectivity index (χ2v) is 6.46. The van der Waals surface area contributed by atoms with Crippen LogP contribution in [0.3, 0.4) is 0 Å². The third-order valence-electron chi connectivity index (χ3n) is 5.09. The lowest BCUT2D eigenvalue weighted by Gasteiger charge is -2.37. The van der Waals surface area contributed by atoms with E-state index >= 15 is 0 Å². The number of carbonyl (C=O) groups excluding carboxylic acids is 1. The van der Waals surface area contributed by atoms with E-state index in [-0.39, 0.29) is 5.92 Å². The van der Waals surface area contributed by atoms with Gasteiger partial charge in [-0.05, 0) is 38.5 Å². The summed E-state index contributed by atoms with van der Waals surface area (Å²) in [6.45, 7) is 4.35. The van der Waals surface area contributed by atoms with E-state index < -0.39 is 0 Å². The summed E-state index contributed by atoms with van der Waals surface area (Å²) in [5.41, 5.74) is 0. The van der Waals surface area contributed by atoms with E-state index in [0.29, 0.717) is 24.0 Å². The lowest BCUT2D eigenvalue weighted by atomic mass is 9.94. The molecular formula is C16H30N2O. The molecule has 2 bridgehead atoms. The van der Waals surface area contributed by atoms with Crippen LogP contribution in [0.1, 0.15) is 65.2 Å². The van der Waals surface area contributed by atoms with Gasteiger partial charge in [-0.3, -0.25) is 4.79 Å². The average molecular weight is 266 g/mol. The van der Waals surface area contributed by atoms with Gasteiger partial charge in [0.25, 0.3) is 0 Å². The molecule has 3 atom stereocenters. The third kappa shape index (κ3) is 3.50. The van der Waals surface area contributed by atoms with Crippen LogP contribution in [0.5, 0.6) is 0 Å². The Balaban J connectivity index is 1.90. The van der Waals surface area contributed by atoms with Crippen molar-refractivity contribution in [1.29, 1.82) is 0 Å². The van der Waals surface area contributed by atoms with Crippen LogP contribution < -0.4 is 5.32 Å². The van der Waals surface area contributed by atoms with Crippen molar-refractivity contribution >= 4 is 5.91 Å². The molecule has 0 saturated carbocycles. The third-order valence-corrected chi connectivity index (χ3v) is 5.09. The van der Waals surface area contributed by atoms with Crippen molar-refractivity contribution in [2.24, 2.45) is 5.92 Å². The molecule has 2 heterocycles. The van der Waals surface area contributed by atoms with Crippen molar-refractivity contribution in [2.75, 3.05) is 7.05 Å². The van der Waals surface area contributed by atoms with Crippen LogP contribution in [-0.4, -0.2) is 36.0 Å². The number of piperidine rings is 1. The van der Waals surface area contributed by atoms with Gasteiger partial charge in [-0.25, -0.2) is 0 Å². The van der Waals surface area contributed by atoms with E-state index in [1.807, 2.05) is 7.05 Å². The molecule has 2 saturated heterocycles. The number of rotatable bonds is 6. The molecule has 3 unspecified atom stereocenters. The zero-order chi connectivity index (χ0) is 13.8. The molecule has 110 valence electrons. The zero-order valence-corrected chi connectivity index (χ0v) is 12.8. The van der Waals surface area contributed by atoms with Gasteiger partial charge >= 0.3 is 0 Å². The number of nitrogens with one attached hydrogen (secondary N) is 1. The van der Waals surface area contributed by atoms with Crippen LogP contribution >= 0.6 is 0 Å². The highest BCUT2D eigenvalue weighted by Crippen LogP contribution is 2.30. The maximum atomic E-state index is 12.6. The first-order chi connectivity index (χ1) is 9.15. The first-order valence-corrected chi connectivity index (χ1v) is 8.18. The molecule has 0 aromatic carbocycles. The summed E-state index contributed by atoms with van der Waals surface area (Å²) in [5, 5.41) is 3.65. The van der Waals surface area contributed by atoms with Crippen LogP contribution in [-0.2, 0) is 4.79 Å². The van der Waals surface area contributed by atoms with Crippen molar-refractivity contribution in [3.05, 3.63) is 0 Å². The quantitative estimate of drug-likeness (QED) is 0.801. The largest absolute Gasteiger partial charge is 0.342 e. The van der Waals surface area contributed by atoms with Crippen LogP contribution in [0.15, 0.2) is 0 Å². The Kier molecular flexibility index (Phi) is 5.26. The van der Waals surface area contributed by atoms with Gasteiger partial charge in [0.05, 0.1) is 0 Å². The molecule has 0 aliphatic carbocycles. The lowest BCUT2D eigenvalue weighted by Crippen LogP contribution is -2.50. The molecular weight excluding hydrogens is 236 g/mol. The number of hydrogen-bond donors (Lipinski definition) is 1. The van der Waals surface area contributed by atoms with Crippen molar-refractivity contribution in [1.82, 2.24) is 10.2 Å². The van der Waals surface area contributed by atoms with Gasteiger partial charge in [-0.2, -0.15) is 0 Å².